The first-order chi connectivity index (χ1) is 16.6. The number of hydrogen-bond donors (Lipinski definition) is 3. The lowest BCUT2D eigenvalue weighted by Gasteiger charge is -2.26. The molecule has 0 aliphatic carbocycles. The average Bonchev–Trinajstić information content (AvgIpc) is 3.21. The number of rotatable bonds is 5. The van der Waals surface area contributed by atoms with Crippen LogP contribution < -0.4 is 16.4 Å². The van der Waals surface area contributed by atoms with Gasteiger partial charge in [-0.2, -0.15) is 5.10 Å². The molecule has 34 heavy (non-hydrogen) atoms. The Morgan fingerprint density at radius 2 is 1.88 bits per heavy atom. The molecule has 0 atom stereocenters. The van der Waals surface area contributed by atoms with E-state index in [0.717, 1.165) is 58.8 Å². The molecule has 0 bridgehead atoms. The molecule has 5 rings (SSSR count). The van der Waals surface area contributed by atoms with E-state index in [4.69, 9.17) is 10.5 Å². The molecule has 0 spiro atoms. The molecule has 0 radical (unpaired) electrons. The van der Waals surface area contributed by atoms with Crippen LogP contribution in [0, 0.1) is 3.57 Å². The minimum absolute atomic E-state index is 0.360. The maximum absolute atomic E-state index is 12.3. The van der Waals surface area contributed by atoms with E-state index < -0.39 is 0 Å². The number of aromatic nitrogens is 4. The van der Waals surface area contributed by atoms with E-state index in [2.05, 4.69) is 59.3 Å². The Bertz CT molecular complexity index is 1300. The van der Waals surface area contributed by atoms with Crippen molar-refractivity contribution in [3.63, 3.8) is 0 Å². The third-order valence-corrected chi connectivity index (χ3v) is 6.21. The summed E-state index contributed by atoms with van der Waals surface area (Å²) in [6, 6.07) is 13.0. The van der Waals surface area contributed by atoms with Gasteiger partial charge in [0.15, 0.2) is 5.82 Å². The number of pyridine rings is 1. The number of halogens is 1. The number of urea groups is 1. The number of carbonyl (C=O) groups excluding carboxylic acids is 1. The fraction of sp³-hybridized carbons (Fsp3) is 0.217. The average molecular weight is 570 g/mol. The van der Waals surface area contributed by atoms with Gasteiger partial charge in [-0.25, -0.2) is 19.3 Å². The zero-order valence-electron chi connectivity index (χ0n) is 18.2. The summed E-state index contributed by atoms with van der Waals surface area (Å²) in [7, 11) is 0. The van der Waals surface area contributed by atoms with Crippen molar-refractivity contribution < 1.29 is 9.53 Å². The molecule has 1 aliphatic heterocycles. The van der Waals surface area contributed by atoms with Crippen LogP contribution in [0.1, 0.15) is 5.69 Å². The van der Waals surface area contributed by atoms with Gasteiger partial charge in [-0.15, -0.1) is 0 Å². The van der Waals surface area contributed by atoms with Crippen molar-refractivity contribution in [2.45, 2.75) is 6.54 Å². The fourth-order valence-corrected chi connectivity index (χ4v) is 4.23. The number of nitrogen functional groups attached to an aromatic ring is 1. The van der Waals surface area contributed by atoms with Crippen LogP contribution in [0.4, 0.5) is 22.1 Å². The van der Waals surface area contributed by atoms with Gasteiger partial charge in [0.1, 0.15) is 17.7 Å². The van der Waals surface area contributed by atoms with Crippen molar-refractivity contribution in [2.24, 2.45) is 0 Å². The SMILES string of the molecule is Nc1ncnn2c(CN3CCOCC3)cc(-c3ccc(NC(=O)Nc4ccc(I)cn4)cc3)c12. The molecule has 3 aromatic heterocycles. The van der Waals surface area contributed by atoms with Crippen molar-refractivity contribution in [2.75, 3.05) is 42.7 Å². The van der Waals surface area contributed by atoms with Crippen molar-refractivity contribution in [3.05, 3.63) is 64.3 Å². The highest BCUT2D eigenvalue weighted by Crippen LogP contribution is 2.31. The van der Waals surface area contributed by atoms with Crippen LogP contribution in [0.2, 0.25) is 0 Å². The summed E-state index contributed by atoms with van der Waals surface area (Å²) in [4.78, 5) is 23.0. The van der Waals surface area contributed by atoms with Crippen LogP contribution in [0.3, 0.4) is 0 Å². The summed E-state index contributed by atoms with van der Waals surface area (Å²) in [5.41, 5.74) is 10.6. The molecular weight excluding hydrogens is 547 g/mol. The second-order valence-corrected chi connectivity index (χ2v) is 9.11. The number of fused-ring (bicyclic) bond motifs is 1. The first-order valence-electron chi connectivity index (χ1n) is 10.8. The van der Waals surface area contributed by atoms with Gasteiger partial charge in [0.05, 0.1) is 18.9 Å². The number of carbonyl (C=O) groups is 1. The zero-order valence-corrected chi connectivity index (χ0v) is 20.4. The number of morpholine rings is 1. The lowest BCUT2D eigenvalue weighted by atomic mass is 10.1. The van der Waals surface area contributed by atoms with E-state index in [0.29, 0.717) is 17.3 Å². The summed E-state index contributed by atoms with van der Waals surface area (Å²) >= 11 is 2.16. The van der Waals surface area contributed by atoms with Gasteiger partial charge in [-0.1, -0.05) is 12.1 Å². The van der Waals surface area contributed by atoms with Crippen LogP contribution in [0.25, 0.3) is 16.6 Å². The van der Waals surface area contributed by atoms with Gasteiger partial charge < -0.3 is 15.8 Å². The summed E-state index contributed by atoms with van der Waals surface area (Å²) in [5, 5.41) is 10.0. The molecule has 2 amide bonds. The fourth-order valence-electron chi connectivity index (χ4n) is 3.92. The predicted octanol–water partition coefficient (Wildman–Crippen LogP) is 3.45. The van der Waals surface area contributed by atoms with Crippen LogP contribution >= 0.6 is 22.6 Å². The van der Waals surface area contributed by atoms with Crippen LogP contribution in [-0.4, -0.2) is 56.8 Å². The molecule has 11 heteroatoms. The summed E-state index contributed by atoms with van der Waals surface area (Å²) in [6.07, 6.45) is 3.17. The Morgan fingerprint density at radius 3 is 2.62 bits per heavy atom. The molecule has 4 heterocycles. The van der Waals surface area contributed by atoms with E-state index in [1.54, 1.807) is 12.3 Å². The number of nitrogens with one attached hydrogen (secondary N) is 2. The van der Waals surface area contributed by atoms with E-state index >= 15 is 0 Å². The quantitative estimate of drug-likeness (QED) is 0.314. The molecule has 174 valence electrons. The number of anilines is 3. The molecule has 0 unspecified atom stereocenters. The highest BCUT2D eigenvalue weighted by molar-refractivity contribution is 14.1. The number of nitrogens with zero attached hydrogens (tertiary/aromatic N) is 5. The second kappa shape index (κ2) is 9.91. The van der Waals surface area contributed by atoms with Gasteiger partial charge in [0.2, 0.25) is 0 Å². The van der Waals surface area contributed by atoms with Gasteiger partial charge in [0.25, 0.3) is 0 Å². The summed E-state index contributed by atoms with van der Waals surface area (Å²) in [5.74, 6) is 0.905. The number of amides is 2. The number of benzene rings is 1. The largest absolute Gasteiger partial charge is 0.382 e. The van der Waals surface area contributed by atoms with E-state index in [-0.39, 0.29) is 6.03 Å². The standard InChI is InChI=1S/C23H23IN8O2/c24-16-3-6-20(26-12-16)30-23(33)29-17-4-1-15(2-5-17)19-11-18(13-31-7-9-34-10-8-31)32-21(19)22(25)27-14-28-32/h1-6,11-12,14H,7-10,13H2,(H2,25,27,28)(H2,26,29,30,33). The number of nitrogens with two attached hydrogens (primary N) is 1. The Morgan fingerprint density at radius 1 is 1.09 bits per heavy atom. The van der Waals surface area contributed by atoms with Crippen molar-refractivity contribution in [1.29, 1.82) is 0 Å². The maximum atomic E-state index is 12.3. The molecule has 1 fully saturated rings. The Balaban J connectivity index is 1.36. The molecule has 4 N–H and O–H groups in total. The van der Waals surface area contributed by atoms with Crippen molar-refractivity contribution in [1.82, 2.24) is 24.5 Å². The minimum atomic E-state index is -0.360. The highest BCUT2D eigenvalue weighted by atomic mass is 127. The van der Waals surface area contributed by atoms with Crippen LogP contribution in [-0.2, 0) is 11.3 Å². The molecule has 10 nitrogen and oxygen atoms in total. The number of hydrogen-bond acceptors (Lipinski definition) is 7. The van der Waals surface area contributed by atoms with Crippen molar-refractivity contribution in [3.8, 4) is 11.1 Å². The third kappa shape index (κ3) is 4.95. The van der Waals surface area contributed by atoms with Crippen LogP contribution in [0.5, 0.6) is 0 Å². The van der Waals surface area contributed by atoms with Gasteiger partial charge in [0, 0.05) is 40.7 Å². The number of ether oxygens (including phenoxy) is 1. The predicted molar refractivity (Wildman–Crippen MR) is 139 cm³/mol. The Hall–Kier alpha value is -3.29. The normalized spacial score (nSPS) is 14.3. The third-order valence-electron chi connectivity index (χ3n) is 5.57. The van der Waals surface area contributed by atoms with Gasteiger partial charge >= 0.3 is 6.03 Å². The lowest BCUT2D eigenvalue weighted by Crippen LogP contribution is -2.36. The van der Waals surface area contributed by atoms with Gasteiger partial charge in [-0.05, 0) is 58.5 Å². The van der Waals surface area contributed by atoms with E-state index in [1.165, 1.54) is 6.33 Å². The molecule has 0 saturated carbocycles. The Labute approximate surface area is 209 Å². The Kier molecular flexibility index (Phi) is 6.56. The first kappa shape index (κ1) is 22.5. The molecule has 1 aliphatic rings. The molecule has 1 aromatic carbocycles. The lowest BCUT2D eigenvalue weighted by molar-refractivity contribution is 0.0334. The maximum Gasteiger partial charge on any atom is 0.324 e. The van der Waals surface area contributed by atoms with Gasteiger partial charge in [-0.3, -0.25) is 10.2 Å². The summed E-state index contributed by atoms with van der Waals surface area (Å²) < 4.78 is 8.32. The smallest absolute Gasteiger partial charge is 0.324 e. The zero-order chi connectivity index (χ0) is 23.5. The second-order valence-electron chi connectivity index (χ2n) is 7.86. The topological polar surface area (TPSA) is 123 Å². The molecule has 4 aromatic rings. The monoisotopic (exact) mass is 570 g/mol. The first-order valence-corrected chi connectivity index (χ1v) is 11.9. The molecular formula is C23H23IN8O2. The van der Waals surface area contributed by atoms with Crippen LogP contribution in [0.15, 0.2) is 55.0 Å². The summed E-state index contributed by atoms with van der Waals surface area (Å²) in [6.45, 7) is 3.96. The highest BCUT2D eigenvalue weighted by Gasteiger charge is 2.18. The van der Waals surface area contributed by atoms with E-state index in [9.17, 15) is 4.79 Å². The minimum Gasteiger partial charge on any atom is -0.382 e. The van der Waals surface area contributed by atoms with Crippen molar-refractivity contribution >= 4 is 51.5 Å². The van der Waals surface area contributed by atoms with E-state index in [1.807, 2.05) is 34.8 Å². The molecule has 1 saturated heterocycles.